The third-order valence-corrected chi connectivity index (χ3v) is 7.18. The second-order valence-electron chi connectivity index (χ2n) is 9.52. The van der Waals surface area contributed by atoms with Crippen molar-refractivity contribution in [2.75, 3.05) is 26.4 Å². The zero-order chi connectivity index (χ0) is 23.4. The first-order valence-electron chi connectivity index (χ1n) is 11.2. The van der Waals surface area contributed by atoms with Crippen LogP contribution >= 0.6 is 0 Å². The minimum atomic E-state index is -0.826. The monoisotopic (exact) mass is 462 g/mol. The van der Waals surface area contributed by atoms with Gasteiger partial charge in [0.1, 0.15) is 35.9 Å². The Morgan fingerprint density at radius 2 is 1.09 bits per heavy atom. The van der Waals surface area contributed by atoms with Crippen LogP contribution in [-0.2, 0) is 47.6 Å². The highest BCUT2D eigenvalue weighted by molar-refractivity contribution is 5.87. The summed E-state index contributed by atoms with van der Waals surface area (Å²) in [5.74, 6) is -3.03. The SMILES string of the molecule is C[C@@]12C[C@@H]3C(=O)OCCOC(=O)[C@H]4C[C@]5(C)OC(=O)C=C(OCCCOC(=CC(=O)O1)[C@H]32)[C@H]45. The maximum absolute atomic E-state index is 12.6. The molecule has 33 heavy (non-hydrogen) atoms. The molecule has 3 aliphatic heterocycles. The van der Waals surface area contributed by atoms with Crippen LogP contribution in [0.5, 0.6) is 0 Å². The third kappa shape index (κ3) is 3.65. The van der Waals surface area contributed by atoms with Gasteiger partial charge < -0.3 is 28.4 Å². The first kappa shape index (κ1) is 21.8. The van der Waals surface area contributed by atoms with Gasteiger partial charge in [0.05, 0.1) is 49.0 Å². The predicted octanol–water partition coefficient (Wildman–Crippen LogP) is 1.18. The summed E-state index contributed by atoms with van der Waals surface area (Å²) in [5, 5.41) is 0. The Morgan fingerprint density at radius 3 is 1.52 bits per heavy atom. The van der Waals surface area contributed by atoms with Gasteiger partial charge in [0.15, 0.2) is 0 Å². The zero-order valence-electron chi connectivity index (χ0n) is 18.5. The largest absolute Gasteiger partial charge is 0.497 e. The molecule has 2 saturated carbocycles. The molecule has 0 aromatic carbocycles. The van der Waals surface area contributed by atoms with Crippen molar-refractivity contribution < 1.29 is 47.6 Å². The van der Waals surface area contributed by atoms with Crippen LogP contribution in [0.15, 0.2) is 23.7 Å². The highest BCUT2D eigenvalue weighted by Crippen LogP contribution is 2.54. The lowest BCUT2D eigenvalue weighted by atomic mass is 9.60. The number of cyclic esters (lactones) is 2. The number of hydrogen-bond acceptors (Lipinski definition) is 10. The maximum atomic E-state index is 12.6. The molecule has 3 fully saturated rings. The highest BCUT2D eigenvalue weighted by atomic mass is 16.6. The molecule has 0 amide bonds. The van der Waals surface area contributed by atoms with E-state index in [0.717, 1.165) is 0 Å². The average molecular weight is 462 g/mol. The molecule has 5 rings (SSSR count). The van der Waals surface area contributed by atoms with Gasteiger partial charge in [-0.1, -0.05) is 0 Å². The van der Waals surface area contributed by atoms with E-state index in [1.807, 2.05) is 0 Å². The van der Waals surface area contributed by atoms with Crippen LogP contribution in [0.25, 0.3) is 0 Å². The van der Waals surface area contributed by atoms with Gasteiger partial charge in [-0.25, -0.2) is 9.59 Å². The van der Waals surface area contributed by atoms with Crippen molar-refractivity contribution in [3.63, 3.8) is 0 Å². The molecule has 0 aromatic heterocycles. The molecule has 0 radical (unpaired) electrons. The predicted molar refractivity (Wildman–Crippen MR) is 107 cm³/mol. The summed E-state index contributed by atoms with van der Waals surface area (Å²) >= 11 is 0. The van der Waals surface area contributed by atoms with E-state index in [0.29, 0.717) is 30.8 Å². The average Bonchev–Trinajstić information content (AvgIpc) is 2.70. The van der Waals surface area contributed by atoms with Crippen LogP contribution in [0.1, 0.15) is 33.1 Å². The Balaban J connectivity index is 1.34. The van der Waals surface area contributed by atoms with E-state index in [1.165, 1.54) is 12.2 Å². The number of carbonyl (C=O) groups is 4. The normalized spacial score (nSPS) is 40.7. The lowest BCUT2D eigenvalue weighted by Gasteiger charge is -2.52. The van der Waals surface area contributed by atoms with Gasteiger partial charge in [0.25, 0.3) is 0 Å². The Labute approximate surface area is 190 Å². The molecule has 2 aliphatic carbocycles. The van der Waals surface area contributed by atoms with E-state index in [4.69, 9.17) is 28.4 Å². The van der Waals surface area contributed by atoms with Gasteiger partial charge in [-0.3, -0.25) is 9.59 Å². The van der Waals surface area contributed by atoms with Crippen molar-refractivity contribution in [1.82, 2.24) is 0 Å². The molecular weight excluding hydrogens is 436 g/mol. The second kappa shape index (κ2) is 7.78. The first-order valence-corrected chi connectivity index (χ1v) is 11.2. The van der Waals surface area contributed by atoms with Crippen LogP contribution in [0.4, 0.5) is 0 Å². The smallest absolute Gasteiger partial charge is 0.334 e. The van der Waals surface area contributed by atoms with Crippen LogP contribution in [0.2, 0.25) is 0 Å². The van der Waals surface area contributed by atoms with Crippen LogP contribution in [0, 0.1) is 23.7 Å². The van der Waals surface area contributed by atoms with Crippen molar-refractivity contribution in [1.29, 1.82) is 0 Å². The summed E-state index contributed by atoms with van der Waals surface area (Å²) in [7, 11) is 0. The van der Waals surface area contributed by atoms with Crippen molar-refractivity contribution in [3.8, 4) is 0 Å². The minimum absolute atomic E-state index is 0.0902. The molecule has 0 spiro atoms. The summed E-state index contributed by atoms with van der Waals surface area (Å²) in [4.78, 5) is 49.3. The fourth-order valence-corrected chi connectivity index (χ4v) is 5.67. The molecule has 178 valence electrons. The Hall–Kier alpha value is -3.04. The summed E-state index contributed by atoms with van der Waals surface area (Å²) in [6.07, 6.45) is 3.65. The number of hydrogen-bond donors (Lipinski definition) is 0. The molecule has 0 unspecified atom stereocenters. The Bertz CT molecular complexity index is 890. The van der Waals surface area contributed by atoms with Crippen LogP contribution in [-0.4, -0.2) is 61.5 Å². The topological polar surface area (TPSA) is 124 Å². The van der Waals surface area contributed by atoms with E-state index in [9.17, 15) is 19.2 Å². The Kier molecular flexibility index (Phi) is 5.13. The summed E-state index contributed by atoms with van der Waals surface area (Å²) < 4.78 is 33.3. The van der Waals surface area contributed by atoms with Crippen molar-refractivity contribution >= 4 is 23.9 Å². The standard InChI is InChI=1S/C23H26O10/c1-22-10-12-18(22)14(8-16(24)32-22)28-4-3-5-29-15-9-17(25)33-23(2)11-13(19(15)23)21(27)31-7-6-30-20(12)26/h8-9,12-13,18-19H,3-7,10-11H2,1-2H3/t12-,13-,18-,19-,22-,23-/m0/s1. The maximum Gasteiger partial charge on any atom is 0.334 e. The minimum Gasteiger partial charge on any atom is -0.497 e. The van der Waals surface area contributed by atoms with E-state index in [2.05, 4.69) is 0 Å². The van der Waals surface area contributed by atoms with Gasteiger partial charge in [-0.2, -0.15) is 0 Å². The molecule has 6 atom stereocenters. The molecule has 1 saturated heterocycles. The fourth-order valence-electron chi connectivity index (χ4n) is 5.67. The quantitative estimate of drug-likeness (QED) is 0.383. The third-order valence-electron chi connectivity index (χ3n) is 7.18. The molecule has 0 aromatic rings. The van der Waals surface area contributed by atoms with Gasteiger partial charge in [-0.15, -0.1) is 0 Å². The fraction of sp³-hybridized carbons (Fsp3) is 0.652. The molecule has 10 nitrogen and oxygen atoms in total. The lowest BCUT2D eigenvalue weighted by molar-refractivity contribution is -0.205. The lowest BCUT2D eigenvalue weighted by Crippen LogP contribution is -2.60. The molecule has 3 heterocycles. The van der Waals surface area contributed by atoms with Crippen molar-refractivity contribution in [2.24, 2.45) is 23.7 Å². The summed E-state index contributed by atoms with van der Waals surface area (Å²) in [5.41, 5.74) is -1.65. The number of carbonyl (C=O) groups excluding carboxylic acids is 4. The number of esters is 4. The molecule has 5 aliphatic rings. The van der Waals surface area contributed by atoms with Crippen LogP contribution < -0.4 is 0 Å². The van der Waals surface area contributed by atoms with Crippen molar-refractivity contribution in [3.05, 3.63) is 23.7 Å². The van der Waals surface area contributed by atoms with E-state index >= 15 is 0 Å². The Morgan fingerprint density at radius 1 is 0.667 bits per heavy atom. The van der Waals surface area contributed by atoms with Crippen LogP contribution in [0.3, 0.4) is 0 Å². The number of rotatable bonds is 0. The second-order valence-corrected chi connectivity index (χ2v) is 9.52. The highest BCUT2D eigenvalue weighted by Gasteiger charge is 2.62. The van der Waals surface area contributed by atoms with E-state index < -0.39 is 58.8 Å². The van der Waals surface area contributed by atoms with Gasteiger partial charge in [0, 0.05) is 19.3 Å². The van der Waals surface area contributed by atoms with Gasteiger partial charge in [0.2, 0.25) is 0 Å². The molecule has 0 N–H and O–H groups in total. The summed E-state index contributed by atoms with van der Waals surface area (Å²) in [6, 6.07) is 0. The molecular formula is C23H26O10. The molecule has 0 bridgehead atoms. The van der Waals surface area contributed by atoms with Gasteiger partial charge in [-0.05, 0) is 13.8 Å². The zero-order valence-corrected chi connectivity index (χ0v) is 18.5. The molecule has 10 heteroatoms. The van der Waals surface area contributed by atoms with E-state index in [1.54, 1.807) is 13.8 Å². The summed E-state index contributed by atoms with van der Waals surface area (Å²) in [6.45, 7) is 3.83. The number of ether oxygens (including phenoxy) is 6. The van der Waals surface area contributed by atoms with Gasteiger partial charge >= 0.3 is 23.9 Å². The first-order chi connectivity index (χ1) is 15.7. The van der Waals surface area contributed by atoms with Crippen molar-refractivity contribution in [2.45, 2.75) is 44.3 Å². The van der Waals surface area contributed by atoms with E-state index in [-0.39, 0.29) is 26.4 Å².